The van der Waals surface area contributed by atoms with Crippen LogP contribution in [0.15, 0.2) is 0 Å². The largest absolute Gasteiger partial charge is 0.481 e. The van der Waals surface area contributed by atoms with Crippen LogP contribution in [-0.4, -0.2) is 53.6 Å². The van der Waals surface area contributed by atoms with E-state index in [1.807, 2.05) is 0 Å². The van der Waals surface area contributed by atoms with Crippen LogP contribution in [0.25, 0.3) is 0 Å². The van der Waals surface area contributed by atoms with E-state index in [2.05, 4.69) is 0 Å². The maximum Gasteiger partial charge on any atom is 0.305 e. The topological polar surface area (TPSA) is 66.8 Å². The van der Waals surface area contributed by atoms with Gasteiger partial charge in [-0.15, -0.1) is 0 Å². The minimum Gasteiger partial charge on any atom is -0.481 e. The first-order valence-corrected chi connectivity index (χ1v) is 7.25. The van der Waals surface area contributed by atoms with Crippen LogP contribution in [0.5, 0.6) is 0 Å². The molecule has 2 fully saturated rings. The van der Waals surface area contributed by atoms with Gasteiger partial charge in [-0.05, 0) is 19.3 Å². The molecule has 0 aromatic carbocycles. The van der Waals surface area contributed by atoms with E-state index in [0.29, 0.717) is 13.0 Å². The van der Waals surface area contributed by atoms with Crippen LogP contribution < -0.4 is 0 Å². The summed E-state index contributed by atoms with van der Waals surface area (Å²) >= 11 is 0. The number of rotatable bonds is 4. The summed E-state index contributed by atoms with van der Waals surface area (Å²) in [4.78, 5) is 24.9. The van der Waals surface area contributed by atoms with E-state index in [1.165, 1.54) is 12.0 Å². The Morgan fingerprint density at radius 1 is 1.33 bits per heavy atom. The number of aliphatic carboxylic acids is 1. The Labute approximate surface area is 122 Å². The number of ether oxygens (including phenoxy) is 1. The van der Waals surface area contributed by atoms with Gasteiger partial charge in [-0.25, -0.2) is 8.78 Å². The summed E-state index contributed by atoms with van der Waals surface area (Å²) in [5.74, 6) is -4.25. The van der Waals surface area contributed by atoms with Gasteiger partial charge >= 0.3 is 5.97 Å². The molecule has 0 aromatic rings. The molecule has 1 heterocycles. The molecule has 0 aromatic heterocycles. The monoisotopic (exact) mass is 305 g/mol. The van der Waals surface area contributed by atoms with Gasteiger partial charge in [0.25, 0.3) is 0 Å². The van der Waals surface area contributed by atoms with Crippen molar-refractivity contribution in [3.8, 4) is 0 Å². The van der Waals surface area contributed by atoms with Gasteiger partial charge in [0.15, 0.2) is 0 Å². The third kappa shape index (κ3) is 3.90. The number of methoxy groups -OCH3 is 1. The number of likely N-dealkylation sites (tertiary alicyclic amines) is 1. The molecule has 1 amide bonds. The Morgan fingerprint density at radius 3 is 2.48 bits per heavy atom. The fourth-order valence-corrected chi connectivity index (χ4v) is 3.23. The van der Waals surface area contributed by atoms with Gasteiger partial charge in [0, 0.05) is 38.5 Å². The predicted octanol–water partition coefficient (Wildman–Crippen LogP) is 1.90. The van der Waals surface area contributed by atoms with Crippen LogP contribution in [0.3, 0.4) is 0 Å². The molecule has 0 radical (unpaired) electrons. The highest BCUT2D eigenvalue weighted by Crippen LogP contribution is 2.38. The molecular formula is C14H21F2NO4. The highest BCUT2D eigenvalue weighted by molar-refractivity contribution is 5.80. The summed E-state index contributed by atoms with van der Waals surface area (Å²) in [5.41, 5.74) is 0. The molecule has 2 unspecified atom stereocenters. The zero-order valence-corrected chi connectivity index (χ0v) is 12.1. The van der Waals surface area contributed by atoms with Gasteiger partial charge in [-0.3, -0.25) is 9.59 Å². The Hall–Kier alpha value is -1.24. The molecule has 1 saturated carbocycles. The molecule has 120 valence electrons. The lowest BCUT2D eigenvalue weighted by Crippen LogP contribution is -2.43. The van der Waals surface area contributed by atoms with Crippen molar-refractivity contribution in [1.29, 1.82) is 0 Å². The normalized spacial score (nSPS) is 29.6. The summed E-state index contributed by atoms with van der Waals surface area (Å²) in [5, 5.41) is 8.93. The van der Waals surface area contributed by atoms with Crippen molar-refractivity contribution in [3.05, 3.63) is 0 Å². The van der Waals surface area contributed by atoms with Crippen molar-refractivity contribution in [1.82, 2.24) is 4.90 Å². The Balaban J connectivity index is 2.00. The first kappa shape index (κ1) is 16.1. The van der Waals surface area contributed by atoms with Crippen LogP contribution in [0, 0.1) is 5.92 Å². The van der Waals surface area contributed by atoms with E-state index < -0.39 is 23.9 Å². The summed E-state index contributed by atoms with van der Waals surface area (Å²) in [7, 11) is 1.53. The second-order valence-corrected chi connectivity index (χ2v) is 5.97. The van der Waals surface area contributed by atoms with Crippen molar-refractivity contribution in [3.63, 3.8) is 0 Å². The molecular weight excluding hydrogens is 284 g/mol. The number of alkyl halides is 2. The van der Waals surface area contributed by atoms with Crippen molar-refractivity contribution < 1.29 is 28.2 Å². The number of nitrogens with zero attached hydrogens (tertiary/aromatic N) is 1. The lowest BCUT2D eigenvalue weighted by atomic mass is 9.85. The molecule has 0 bridgehead atoms. The second kappa shape index (κ2) is 6.25. The van der Waals surface area contributed by atoms with Gasteiger partial charge in [-0.2, -0.15) is 0 Å². The van der Waals surface area contributed by atoms with E-state index in [-0.39, 0.29) is 44.1 Å². The number of carboxylic acid groups (broad SMARTS) is 1. The van der Waals surface area contributed by atoms with Crippen LogP contribution >= 0.6 is 0 Å². The summed E-state index contributed by atoms with van der Waals surface area (Å²) in [6.45, 7) is 0.347. The van der Waals surface area contributed by atoms with Crippen molar-refractivity contribution in [2.24, 2.45) is 5.92 Å². The van der Waals surface area contributed by atoms with E-state index in [4.69, 9.17) is 9.84 Å². The standard InChI is InChI=1S/C14H21F2NO4/c1-21-11-6-10(7-12(18)19)17(8-11)13(20)9-2-4-14(15,16)5-3-9/h9-11H,2-8H2,1H3,(H,18,19). The van der Waals surface area contributed by atoms with E-state index >= 15 is 0 Å². The SMILES string of the molecule is COC1CC(CC(=O)O)N(C(=O)C2CCC(F)(F)CC2)C1. The van der Waals surface area contributed by atoms with E-state index in [9.17, 15) is 18.4 Å². The lowest BCUT2D eigenvalue weighted by Gasteiger charge is -2.32. The Morgan fingerprint density at radius 2 is 1.95 bits per heavy atom. The molecule has 1 saturated heterocycles. The van der Waals surface area contributed by atoms with Gasteiger partial charge in [0.1, 0.15) is 0 Å². The summed E-state index contributed by atoms with van der Waals surface area (Å²) < 4.78 is 31.5. The van der Waals surface area contributed by atoms with Crippen molar-refractivity contribution in [2.45, 2.75) is 56.6 Å². The molecule has 7 heteroatoms. The second-order valence-electron chi connectivity index (χ2n) is 5.97. The molecule has 2 rings (SSSR count). The van der Waals surface area contributed by atoms with Crippen LogP contribution in [-0.2, 0) is 14.3 Å². The molecule has 1 N–H and O–H groups in total. The fourth-order valence-electron chi connectivity index (χ4n) is 3.23. The van der Waals surface area contributed by atoms with Crippen molar-refractivity contribution in [2.75, 3.05) is 13.7 Å². The van der Waals surface area contributed by atoms with E-state index in [0.717, 1.165) is 0 Å². The number of carboxylic acids is 1. The summed E-state index contributed by atoms with van der Waals surface area (Å²) in [6, 6.07) is -0.401. The van der Waals surface area contributed by atoms with Gasteiger partial charge in [0.05, 0.1) is 12.5 Å². The molecule has 5 nitrogen and oxygen atoms in total. The zero-order valence-electron chi connectivity index (χ0n) is 12.1. The van der Waals surface area contributed by atoms with E-state index in [1.54, 1.807) is 0 Å². The minimum absolute atomic E-state index is 0.130. The molecule has 2 atom stereocenters. The predicted molar refractivity (Wildman–Crippen MR) is 70.1 cm³/mol. The average molecular weight is 305 g/mol. The molecule has 1 aliphatic heterocycles. The number of carbonyl (C=O) groups is 2. The zero-order chi connectivity index (χ0) is 15.6. The Kier molecular flexibility index (Phi) is 4.81. The third-order valence-corrected chi connectivity index (χ3v) is 4.47. The maximum atomic E-state index is 13.2. The summed E-state index contributed by atoms with van der Waals surface area (Å²) in [6.07, 6.45) is -0.0301. The van der Waals surface area contributed by atoms with Crippen molar-refractivity contribution >= 4 is 11.9 Å². The van der Waals surface area contributed by atoms with Gasteiger partial charge in [-0.1, -0.05) is 0 Å². The number of carbonyl (C=O) groups excluding carboxylic acids is 1. The quantitative estimate of drug-likeness (QED) is 0.861. The fraction of sp³-hybridized carbons (Fsp3) is 0.857. The lowest BCUT2D eigenvalue weighted by molar-refractivity contribution is -0.143. The van der Waals surface area contributed by atoms with Crippen LogP contribution in [0.2, 0.25) is 0 Å². The maximum absolute atomic E-state index is 13.2. The van der Waals surface area contributed by atoms with Gasteiger partial charge < -0.3 is 14.7 Å². The van der Waals surface area contributed by atoms with Crippen LogP contribution in [0.1, 0.15) is 38.5 Å². The molecule has 2 aliphatic rings. The highest BCUT2D eigenvalue weighted by Gasteiger charge is 2.43. The smallest absolute Gasteiger partial charge is 0.305 e. The average Bonchev–Trinajstić information content (AvgIpc) is 2.80. The number of hydrogen-bond donors (Lipinski definition) is 1. The first-order chi connectivity index (χ1) is 9.82. The molecule has 21 heavy (non-hydrogen) atoms. The Bertz CT molecular complexity index is 406. The highest BCUT2D eigenvalue weighted by atomic mass is 19.3. The molecule has 0 spiro atoms. The molecule has 1 aliphatic carbocycles. The number of amides is 1. The van der Waals surface area contributed by atoms with Gasteiger partial charge in [0.2, 0.25) is 11.8 Å². The van der Waals surface area contributed by atoms with Crippen LogP contribution in [0.4, 0.5) is 8.78 Å². The first-order valence-electron chi connectivity index (χ1n) is 7.25. The number of hydrogen-bond acceptors (Lipinski definition) is 3. The minimum atomic E-state index is -2.67. The third-order valence-electron chi connectivity index (χ3n) is 4.47. The number of halogens is 2.